The summed E-state index contributed by atoms with van der Waals surface area (Å²) in [4.78, 5) is 32.3. The molecule has 3 aromatic rings. The van der Waals surface area contributed by atoms with Crippen LogP contribution in [0.3, 0.4) is 0 Å². The normalized spacial score (nSPS) is 17.6. The Morgan fingerprint density at radius 1 is 1.23 bits per heavy atom. The zero-order chi connectivity index (χ0) is 20.8. The van der Waals surface area contributed by atoms with Crippen LogP contribution in [-0.4, -0.2) is 38.4 Å². The first-order valence-electron chi connectivity index (χ1n) is 9.87. The van der Waals surface area contributed by atoms with Crippen LogP contribution in [0.1, 0.15) is 35.7 Å². The number of rotatable bonds is 4. The van der Waals surface area contributed by atoms with E-state index in [2.05, 4.69) is 20.4 Å². The van der Waals surface area contributed by atoms with Crippen molar-refractivity contribution in [1.29, 1.82) is 0 Å². The topological polar surface area (TPSA) is 111 Å². The second-order valence-corrected chi connectivity index (χ2v) is 7.59. The van der Waals surface area contributed by atoms with Crippen molar-refractivity contribution in [3.05, 3.63) is 57.6 Å². The third-order valence-electron chi connectivity index (χ3n) is 5.36. The summed E-state index contributed by atoms with van der Waals surface area (Å²) in [6.45, 7) is 3.58. The minimum atomic E-state index is -0.806. The van der Waals surface area contributed by atoms with Gasteiger partial charge in [0.15, 0.2) is 11.5 Å². The number of nitrogens with zero attached hydrogens (tertiary/aromatic N) is 3. The Kier molecular flexibility index (Phi) is 4.30. The molecule has 2 aliphatic rings. The van der Waals surface area contributed by atoms with E-state index in [0.29, 0.717) is 34.5 Å². The summed E-state index contributed by atoms with van der Waals surface area (Å²) >= 11 is 0. The van der Waals surface area contributed by atoms with Gasteiger partial charge < -0.3 is 14.8 Å². The first kappa shape index (κ1) is 18.4. The fourth-order valence-corrected chi connectivity index (χ4v) is 3.31. The summed E-state index contributed by atoms with van der Waals surface area (Å²) in [7, 11) is 0. The Hall–Kier alpha value is -3.62. The Morgan fingerprint density at radius 3 is 2.73 bits per heavy atom. The van der Waals surface area contributed by atoms with Crippen molar-refractivity contribution in [2.45, 2.75) is 38.7 Å². The molecular formula is C21H21N5O4. The van der Waals surface area contributed by atoms with Gasteiger partial charge in [0.2, 0.25) is 12.1 Å². The molecule has 0 bridgehead atoms. The number of aryl methyl sites for hydroxylation is 1. The maximum atomic E-state index is 12.9. The molecule has 0 spiro atoms. The summed E-state index contributed by atoms with van der Waals surface area (Å²) in [5, 5.41) is 7.45. The Morgan fingerprint density at radius 2 is 2.00 bits per heavy atom. The smallest absolute Gasteiger partial charge is 0.270 e. The van der Waals surface area contributed by atoms with E-state index in [-0.39, 0.29) is 24.0 Å². The van der Waals surface area contributed by atoms with Gasteiger partial charge in [0, 0.05) is 23.2 Å². The second kappa shape index (κ2) is 7.01. The van der Waals surface area contributed by atoms with Gasteiger partial charge in [-0.15, -0.1) is 0 Å². The molecule has 2 aromatic heterocycles. The molecule has 5 rings (SSSR count). The standard InChI is InChI=1S/C21H21N5O4/c1-11-12(2)22-21(24-19(11)27)26-18(9-14(25-26)13-7-8-13)23-20(28)17-10-29-15-5-3-4-6-16(15)30-17/h3-6,9,13,17H,7-8,10H2,1-2H3,(H,23,28)(H,22,24,27). The number of nitrogens with one attached hydrogen (secondary N) is 2. The number of benzene rings is 1. The van der Waals surface area contributed by atoms with Crippen LogP contribution in [0.15, 0.2) is 35.1 Å². The van der Waals surface area contributed by atoms with Gasteiger partial charge in [-0.2, -0.15) is 9.78 Å². The maximum absolute atomic E-state index is 12.9. The highest BCUT2D eigenvalue weighted by atomic mass is 16.6. The molecular weight excluding hydrogens is 386 g/mol. The number of hydrogen-bond donors (Lipinski definition) is 2. The molecule has 1 aliphatic heterocycles. The van der Waals surface area contributed by atoms with E-state index < -0.39 is 6.10 Å². The monoisotopic (exact) mass is 407 g/mol. The lowest BCUT2D eigenvalue weighted by Gasteiger charge is -2.25. The van der Waals surface area contributed by atoms with Crippen molar-refractivity contribution in [2.75, 3.05) is 11.9 Å². The zero-order valence-corrected chi connectivity index (χ0v) is 16.6. The van der Waals surface area contributed by atoms with E-state index >= 15 is 0 Å². The van der Waals surface area contributed by atoms with Crippen LogP contribution in [-0.2, 0) is 4.79 Å². The molecule has 1 fully saturated rings. The van der Waals surface area contributed by atoms with Crippen LogP contribution in [0.5, 0.6) is 11.5 Å². The molecule has 154 valence electrons. The zero-order valence-electron chi connectivity index (χ0n) is 16.6. The van der Waals surface area contributed by atoms with Gasteiger partial charge in [0.05, 0.1) is 5.69 Å². The highest BCUT2D eigenvalue weighted by Crippen LogP contribution is 2.40. The molecule has 9 nitrogen and oxygen atoms in total. The van der Waals surface area contributed by atoms with Gasteiger partial charge >= 0.3 is 0 Å². The molecule has 2 N–H and O–H groups in total. The van der Waals surface area contributed by atoms with Crippen LogP contribution in [0, 0.1) is 13.8 Å². The van der Waals surface area contributed by atoms with Gasteiger partial charge in [-0.25, -0.2) is 4.98 Å². The second-order valence-electron chi connectivity index (χ2n) is 7.59. The fraction of sp³-hybridized carbons (Fsp3) is 0.333. The Bertz CT molecular complexity index is 1190. The van der Waals surface area contributed by atoms with E-state index in [1.807, 2.05) is 18.2 Å². The molecule has 3 heterocycles. The van der Waals surface area contributed by atoms with Crippen molar-refractivity contribution >= 4 is 11.7 Å². The molecule has 1 aliphatic carbocycles. The predicted octanol–water partition coefficient (Wildman–Crippen LogP) is 2.23. The summed E-state index contributed by atoms with van der Waals surface area (Å²) in [6.07, 6.45) is 1.30. The molecule has 0 radical (unpaired) electrons. The average molecular weight is 407 g/mol. The molecule has 1 atom stereocenters. The minimum Gasteiger partial charge on any atom is -0.485 e. The molecule has 0 saturated heterocycles. The largest absolute Gasteiger partial charge is 0.485 e. The van der Waals surface area contributed by atoms with E-state index in [0.717, 1.165) is 18.5 Å². The van der Waals surface area contributed by atoms with Gasteiger partial charge in [-0.05, 0) is 38.8 Å². The number of H-pyrrole nitrogens is 1. The fourth-order valence-electron chi connectivity index (χ4n) is 3.31. The summed E-state index contributed by atoms with van der Waals surface area (Å²) in [5.41, 5.74) is 1.77. The lowest BCUT2D eigenvalue weighted by Crippen LogP contribution is -2.40. The average Bonchev–Trinajstić information content (AvgIpc) is 3.52. The number of carbonyl (C=O) groups is 1. The van der Waals surface area contributed by atoms with Crippen molar-refractivity contribution in [2.24, 2.45) is 0 Å². The number of carbonyl (C=O) groups excluding carboxylic acids is 1. The lowest BCUT2D eigenvalue weighted by molar-refractivity contribution is -0.125. The molecule has 1 unspecified atom stereocenters. The molecule has 30 heavy (non-hydrogen) atoms. The van der Waals surface area contributed by atoms with Crippen molar-refractivity contribution in [3.8, 4) is 17.4 Å². The van der Waals surface area contributed by atoms with Gasteiger partial charge in [-0.3, -0.25) is 14.6 Å². The maximum Gasteiger partial charge on any atom is 0.270 e. The van der Waals surface area contributed by atoms with E-state index in [1.165, 1.54) is 4.68 Å². The summed E-state index contributed by atoms with van der Waals surface area (Å²) < 4.78 is 12.9. The van der Waals surface area contributed by atoms with Gasteiger partial charge in [0.25, 0.3) is 11.5 Å². The Balaban J connectivity index is 1.44. The van der Waals surface area contributed by atoms with Crippen molar-refractivity contribution in [1.82, 2.24) is 19.7 Å². The van der Waals surface area contributed by atoms with E-state index in [4.69, 9.17) is 9.47 Å². The van der Waals surface area contributed by atoms with Crippen LogP contribution in [0.25, 0.3) is 5.95 Å². The third kappa shape index (κ3) is 3.32. The highest BCUT2D eigenvalue weighted by molar-refractivity contribution is 5.94. The highest BCUT2D eigenvalue weighted by Gasteiger charge is 2.31. The number of aromatic nitrogens is 4. The summed E-state index contributed by atoms with van der Waals surface area (Å²) in [6, 6.07) is 9.04. The van der Waals surface area contributed by atoms with Crippen LogP contribution < -0.4 is 20.3 Å². The van der Waals surface area contributed by atoms with Crippen LogP contribution in [0.4, 0.5) is 5.82 Å². The first-order chi connectivity index (χ1) is 14.5. The quantitative estimate of drug-likeness (QED) is 0.686. The summed E-state index contributed by atoms with van der Waals surface area (Å²) in [5.74, 6) is 1.82. The number of amides is 1. The SMILES string of the molecule is Cc1nc(-n2nc(C3CC3)cc2NC(=O)C2COc3ccccc3O2)[nH]c(=O)c1C. The molecule has 9 heteroatoms. The van der Waals surface area contributed by atoms with Crippen LogP contribution in [0.2, 0.25) is 0 Å². The minimum absolute atomic E-state index is 0.102. The van der Waals surface area contributed by atoms with E-state index in [1.54, 1.807) is 26.0 Å². The molecule has 1 aromatic carbocycles. The van der Waals surface area contributed by atoms with Crippen molar-refractivity contribution in [3.63, 3.8) is 0 Å². The van der Waals surface area contributed by atoms with Crippen LogP contribution >= 0.6 is 0 Å². The first-order valence-corrected chi connectivity index (χ1v) is 9.87. The number of hydrogen-bond acceptors (Lipinski definition) is 6. The number of ether oxygens (including phenoxy) is 2. The Labute approximate surface area is 172 Å². The van der Waals surface area contributed by atoms with Crippen molar-refractivity contribution < 1.29 is 14.3 Å². The molecule has 1 saturated carbocycles. The van der Waals surface area contributed by atoms with Gasteiger partial charge in [0.1, 0.15) is 12.4 Å². The number of para-hydroxylation sites is 2. The number of anilines is 1. The third-order valence-corrected chi connectivity index (χ3v) is 5.36. The predicted molar refractivity (Wildman–Crippen MR) is 108 cm³/mol. The number of fused-ring (bicyclic) bond motifs is 1. The molecule has 1 amide bonds. The van der Waals surface area contributed by atoms with E-state index in [9.17, 15) is 9.59 Å². The lowest BCUT2D eigenvalue weighted by atomic mass is 10.2. The van der Waals surface area contributed by atoms with Gasteiger partial charge in [-0.1, -0.05) is 12.1 Å². The number of aromatic amines is 1.